The molecule has 1 aromatic rings. The van der Waals surface area contributed by atoms with Gasteiger partial charge in [0.15, 0.2) is 0 Å². The second kappa shape index (κ2) is 5.84. The standard InChI is InChI=1S/C8H7B3O.C2H6/c1-6-4-2-3-5-7(6)12-8(9,10)11;1-2/h2-5H,1H3;1-2H3. The van der Waals surface area contributed by atoms with Gasteiger partial charge in [0.2, 0.25) is 0 Å². The Morgan fingerprint density at radius 2 is 1.57 bits per heavy atom. The van der Waals surface area contributed by atoms with E-state index in [0.717, 1.165) is 5.56 Å². The van der Waals surface area contributed by atoms with Crippen LogP contribution in [0.15, 0.2) is 24.3 Å². The highest BCUT2D eigenvalue weighted by Crippen LogP contribution is 2.18. The summed E-state index contributed by atoms with van der Waals surface area (Å²) in [5, 5.41) is -1.61. The first-order valence-electron chi connectivity index (χ1n) is 4.60. The molecule has 0 aliphatic carbocycles. The second-order valence-corrected chi connectivity index (χ2v) is 2.72. The topological polar surface area (TPSA) is 9.23 Å². The first kappa shape index (κ1) is 13.2. The predicted octanol–water partition coefficient (Wildman–Crippen LogP) is 1.52. The van der Waals surface area contributed by atoms with Crippen LogP contribution in [0.1, 0.15) is 19.4 Å². The molecule has 68 valence electrons. The molecule has 0 fully saturated rings. The van der Waals surface area contributed by atoms with Crippen LogP contribution in [0.25, 0.3) is 0 Å². The Balaban J connectivity index is 0.000000791. The third-order valence-corrected chi connectivity index (χ3v) is 1.38. The zero-order valence-corrected chi connectivity index (χ0v) is 8.95. The van der Waals surface area contributed by atoms with Gasteiger partial charge in [0.25, 0.3) is 0 Å². The average Bonchev–Trinajstić information content (AvgIpc) is 2.10. The molecule has 0 saturated carbocycles. The van der Waals surface area contributed by atoms with Gasteiger partial charge in [-0.15, -0.1) is 0 Å². The number of benzene rings is 1. The summed E-state index contributed by atoms with van der Waals surface area (Å²) in [6.45, 7) is 5.89. The van der Waals surface area contributed by atoms with Crippen molar-refractivity contribution < 1.29 is 4.74 Å². The van der Waals surface area contributed by atoms with Crippen LogP contribution in [-0.2, 0) is 0 Å². The van der Waals surface area contributed by atoms with Crippen LogP contribution in [0, 0.1) is 6.92 Å². The van der Waals surface area contributed by atoms with Crippen LogP contribution in [0.3, 0.4) is 0 Å². The lowest BCUT2D eigenvalue weighted by Crippen LogP contribution is -2.37. The van der Waals surface area contributed by atoms with Crippen molar-refractivity contribution in [1.82, 2.24) is 0 Å². The smallest absolute Gasteiger partial charge is 0.119 e. The maximum absolute atomic E-state index is 5.27. The van der Waals surface area contributed by atoms with Crippen LogP contribution in [0.5, 0.6) is 5.75 Å². The second-order valence-electron chi connectivity index (χ2n) is 2.72. The average molecular weight is 182 g/mol. The highest BCUT2D eigenvalue weighted by molar-refractivity contribution is 6.58. The third-order valence-electron chi connectivity index (χ3n) is 1.38. The summed E-state index contributed by atoms with van der Waals surface area (Å²) in [6, 6.07) is 7.37. The molecule has 0 aliphatic heterocycles. The molecule has 0 atom stereocenters. The predicted molar refractivity (Wildman–Crippen MR) is 63.1 cm³/mol. The van der Waals surface area contributed by atoms with Crippen LogP contribution in [0.4, 0.5) is 0 Å². The molecule has 0 unspecified atom stereocenters. The number of rotatable bonds is 2. The minimum Gasteiger partial charge on any atom is -0.516 e. The molecule has 14 heavy (non-hydrogen) atoms. The molecule has 0 heterocycles. The zero-order valence-electron chi connectivity index (χ0n) is 8.95. The molecule has 0 saturated heterocycles. The molecule has 1 nitrogen and oxygen atoms in total. The van der Waals surface area contributed by atoms with Gasteiger partial charge in [-0.25, -0.2) is 0 Å². The van der Waals surface area contributed by atoms with Crippen LogP contribution in [-0.4, -0.2) is 28.8 Å². The minimum absolute atomic E-state index is 0.602. The summed E-state index contributed by atoms with van der Waals surface area (Å²) >= 11 is 0. The number of hydrogen-bond donors (Lipinski definition) is 0. The van der Waals surface area contributed by atoms with Crippen molar-refractivity contribution in [1.29, 1.82) is 0 Å². The van der Waals surface area contributed by atoms with Crippen molar-refractivity contribution in [2.75, 3.05) is 0 Å². The molecule has 1 aromatic carbocycles. The minimum atomic E-state index is -1.61. The van der Waals surface area contributed by atoms with Crippen LogP contribution in [0.2, 0.25) is 0 Å². The molecule has 0 amide bonds. The van der Waals surface area contributed by atoms with E-state index in [9.17, 15) is 0 Å². The molecule has 0 bridgehead atoms. The fraction of sp³-hybridized carbons (Fsp3) is 0.400. The van der Waals surface area contributed by atoms with Crippen molar-refractivity contribution >= 4 is 23.5 Å². The Bertz CT molecular complexity index is 268. The van der Waals surface area contributed by atoms with Gasteiger partial charge in [-0.1, -0.05) is 32.0 Å². The number of aryl methyl sites for hydroxylation is 1. The van der Waals surface area contributed by atoms with Gasteiger partial charge < -0.3 is 4.74 Å². The lowest BCUT2D eigenvalue weighted by atomic mass is 9.52. The fourth-order valence-corrected chi connectivity index (χ4v) is 0.861. The van der Waals surface area contributed by atoms with Crippen LogP contribution < -0.4 is 4.74 Å². The Labute approximate surface area is 90.5 Å². The Morgan fingerprint density at radius 3 is 2.00 bits per heavy atom. The van der Waals surface area contributed by atoms with Crippen LogP contribution >= 0.6 is 0 Å². The van der Waals surface area contributed by atoms with Gasteiger partial charge in [0.05, 0.1) is 0 Å². The normalized spacial score (nSPS) is 9.93. The number of para-hydroxylation sites is 1. The Morgan fingerprint density at radius 1 is 1.07 bits per heavy atom. The van der Waals surface area contributed by atoms with Gasteiger partial charge in [0.1, 0.15) is 29.3 Å². The van der Waals surface area contributed by atoms with Crippen molar-refractivity contribution in [3.63, 3.8) is 0 Å². The van der Waals surface area contributed by atoms with E-state index in [1.165, 1.54) is 0 Å². The van der Waals surface area contributed by atoms with E-state index in [1.807, 2.05) is 39.0 Å². The van der Waals surface area contributed by atoms with E-state index >= 15 is 0 Å². The van der Waals surface area contributed by atoms with Gasteiger partial charge in [0, 0.05) is 0 Å². The SMILES string of the molecule is CC.[B]C([B])([B])Oc1ccccc1C. The van der Waals surface area contributed by atoms with Gasteiger partial charge >= 0.3 is 0 Å². The zero-order chi connectivity index (χ0) is 11.2. The molecule has 4 heteroatoms. The highest BCUT2D eigenvalue weighted by atomic mass is 16.5. The van der Waals surface area contributed by atoms with E-state index in [-0.39, 0.29) is 0 Å². The molecular formula is C10H13B3O. The summed E-state index contributed by atoms with van der Waals surface area (Å²) in [5.74, 6) is 0.602. The van der Waals surface area contributed by atoms with Crippen molar-refractivity contribution in [3.05, 3.63) is 29.8 Å². The summed E-state index contributed by atoms with van der Waals surface area (Å²) in [5.41, 5.74) is 0.947. The largest absolute Gasteiger partial charge is 0.516 e. The summed E-state index contributed by atoms with van der Waals surface area (Å²) < 4.78 is 5.07. The monoisotopic (exact) mass is 182 g/mol. The van der Waals surface area contributed by atoms with Crippen molar-refractivity contribution in [3.8, 4) is 5.75 Å². The Hall–Kier alpha value is -0.785. The lowest BCUT2D eigenvalue weighted by molar-refractivity contribution is 0.316. The van der Waals surface area contributed by atoms with E-state index < -0.39 is 5.30 Å². The first-order valence-corrected chi connectivity index (χ1v) is 4.60. The maximum Gasteiger partial charge on any atom is 0.119 e. The van der Waals surface area contributed by atoms with Gasteiger partial charge in [-0.2, -0.15) is 0 Å². The molecule has 0 N–H and O–H groups in total. The highest BCUT2D eigenvalue weighted by Gasteiger charge is 2.11. The van der Waals surface area contributed by atoms with E-state index in [0.29, 0.717) is 5.75 Å². The summed E-state index contributed by atoms with van der Waals surface area (Å²) in [4.78, 5) is 0. The van der Waals surface area contributed by atoms with Crippen molar-refractivity contribution in [2.45, 2.75) is 26.1 Å². The maximum atomic E-state index is 5.27. The molecule has 0 aromatic heterocycles. The fourth-order valence-electron chi connectivity index (χ4n) is 0.861. The molecule has 1 rings (SSSR count). The van der Waals surface area contributed by atoms with E-state index in [1.54, 1.807) is 6.07 Å². The van der Waals surface area contributed by atoms with Crippen molar-refractivity contribution in [2.24, 2.45) is 0 Å². The lowest BCUT2D eigenvalue weighted by Gasteiger charge is -2.24. The van der Waals surface area contributed by atoms with Gasteiger partial charge in [-0.05, 0) is 23.9 Å². The van der Waals surface area contributed by atoms with Gasteiger partial charge in [-0.3, -0.25) is 0 Å². The summed E-state index contributed by atoms with van der Waals surface area (Å²) in [7, 11) is 15.8. The molecular weight excluding hydrogens is 169 g/mol. The third kappa shape index (κ3) is 5.05. The number of hydrogen-bond acceptors (Lipinski definition) is 1. The molecule has 6 radical (unpaired) electrons. The van der Waals surface area contributed by atoms with E-state index in [2.05, 4.69) is 0 Å². The quantitative estimate of drug-likeness (QED) is 0.629. The first-order chi connectivity index (χ1) is 6.49. The molecule has 0 aliphatic rings. The number of ether oxygens (including phenoxy) is 1. The van der Waals surface area contributed by atoms with E-state index in [4.69, 9.17) is 28.3 Å². The summed E-state index contributed by atoms with van der Waals surface area (Å²) in [6.07, 6.45) is 0. The molecule has 0 spiro atoms. The Kier molecular flexibility index (Phi) is 5.52.